The molecule has 1 saturated carbocycles. The van der Waals surface area contributed by atoms with E-state index in [9.17, 15) is 0 Å². The predicted octanol–water partition coefficient (Wildman–Crippen LogP) is 8.84. The highest BCUT2D eigenvalue weighted by atomic mass is 14.6. The van der Waals surface area contributed by atoms with Crippen molar-refractivity contribution in [1.29, 1.82) is 0 Å². The monoisotopic (exact) mass is 432 g/mol. The van der Waals surface area contributed by atoms with Crippen molar-refractivity contribution in [2.75, 3.05) is 0 Å². The molecule has 160 valence electrons. The Hall–Kier alpha value is -3.64. The molecule has 0 nitrogen and oxygen atoms in total. The summed E-state index contributed by atoms with van der Waals surface area (Å²) in [6.45, 7) is 0. The van der Waals surface area contributed by atoms with Gasteiger partial charge in [0, 0.05) is 0 Å². The Morgan fingerprint density at radius 1 is 0.412 bits per heavy atom. The summed E-state index contributed by atoms with van der Waals surface area (Å²) in [6, 6.07) is 36.7. The molecule has 0 N–H and O–H groups in total. The van der Waals surface area contributed by atoms with Gasteiger partial charge in [-0.05, 0) is 102 Å². The lowest BCUT2D eigenvalue weighted by atomic mass is 9.72. The maximum atomic E-state index is 2.40. The second kappa shape index (κ2) is 6.07. The Morgan fingerprint density at radius 3 is 1.38 bits per heavy atom. The minimum atomic E-state index is 0.630. The standard InChI is InChI=1S/C34H24/c1-2-13-23-19(9-1)20-10-3-6-14-24(20)31-27(23)17-28-29-18-30(34(28)31)33-26-16-8-5-12-22(26)21-11-4-7-15-25(21)32(29)33/h1-16,28-30,34H,17-18H2/t28-,29-,30-,34-/m0/s1. The minimum absolute atomic E-state index is 0.630. The Balaban J connectivity index is 1.40. The molecule has 6 aromatic rings. The van der Waals surface area contributed by atoms with Gasteiger partial charge < -0.3 is 0 Å². The number of hydrogen-bond donors (Lipinski definition) is 0. The van der Waals surface area contributed by atoms with Gasteiger partial charge in [-0.25, -0.2) is 0 Å². The van der Waals surface area contributed by atoms with Crippen molar-refractivity contribution in [2.24, 2.45) is 5.92 Å². The van der Waals surface area contributed by atoms with Crippen LogP contribution in [-0.2, 0) is 6.42 Å². The second-order valence-corrected chi connectivity index (χ2v) is 10.7. The molecule has 3 aliphatic carbocycles. The first-order valence-electron chi connectivity index (χ1n) is 12.8. The van der Waals surface area contributed by atoms with Crippen LogP contribution in [0.2, 0.25) is 0 Å². The number of benzene rings is 6. The molecule has 9 rings (SSSR count). The smallest absolute Gasteiger partial charge is 0.00461 e. The number of hydrogen-bond acceptors (Lipinski definition) is 0. The Bertz CT molecular complexity index is 1840. The zero-order valence-electron chi connectivity index (χ0n) is 19.0. The van der Waals surface area contributed by atoms with Gasteiger partial charge in [0.2, 0.25) is 0 Å². The van der Waals surface area contributed by atoms with Gasteiger partial charge in [-0.1, -0.05) is 97.1 Å². The molecule has 3 aliphatic rings. The molecule has 0 spiro atoms. The first kappa shape index (κ1) is 17.8. The molecule has 0 aliphatic heterocycles. The summed E-state index contributed by atoms with van der Waals surface area (Å²) in [5.74, 6) is 2.67. The topological polar surface area (TPSA) is 0 Å². The van der Waals surface area contributed by atoms with Crippen LogP contribution in [0.5, 0.6) is 0 Å². The van der Waals surface area contributed by atoms with E-state index >= 15 is 0 Å². The third kappa shape index (κ3) is 1.95. The van der Waals surface area contributed by atoms with Gasteiger partial charge >= 0.3 is 0 Å². The molecule has 0 radical (unpaired) electrons. The highest BCUT2D eigenvalue weighted by molar-refractivity contribution is 6.13. The summed E-state index contributed by atoms with van der Waals surface area (Å²) in [6.07, 6.45) is 2.55. The molecule has 0 saturated heterocycles. The van der Waals surface area contributed by atoms with Crippen molar-refractivity contribution >= 4 is 43.1 Å². The highest BCUT2D eigenvalue weighted by Crippen LogP contribution is 2.70. The van der Waals surface area contributed by atoms with E-state index in [0.29, 0.717) is 17.8 Å². The molecule has 2 bridgehead atoms. The van der Waals surface area contributed by atoms with Crippen LogP contribution < -0.4 is 0 Å². The van der Waals surface area contributed by atoms with E-state index in [2.05, 4.69) is 97.1 Å². The van der Waals surface area contributed by atoms with E-state index in [-0.39, 0.29) is 0 Å². The Kier molecular flexibility index (Phi) is 3.18. The van der Waals surface area contributed by atoms with Crippen LogP contribution in [0, 0.1) is 5.92 Å². The third-order valence-corrected chi connectivity index (χ3v) is 9.53. The maximum Gasteiger partial charge on any atom is -0.00461 e. The molecule has 6 aromatic carbocycles. The molecule has 34 heavy (non-hydrogen) atoms. The van der Waals surface area contributed by atoms with E-state index in [1.807, 2.05) is 0 Å². The van der Waals surface area contributed by atoms with Crippen molar-refractivity contribution in [2.45, 2.75) is 30.6 Å². The molecule has 1 fully saturated rings. The zero-order chi connectivity index (χ0) is 22.0. The van der Waals surface area contributed by atoms with E-state index in [1.165, 1.54) is 55.9 Å². The molecule has 0 heterocycles. The summed E-state index contributed by atoms with van der Waals surface area (Å²) in [5, 5.41) is 11.7. The SMILES string of the molecule is c1ccc2c(c1)c1c(c3ccccc32)[C@H]2[C@@H](C1)[C@@H]1C[C@H]2c2c1c1ccccc1c1ccccc21. The number of fused-ring (bicyclic) bond motifs is 20. The summed E-state index contributed by atoms with van der Waals surface area (Å²) >= 11 is 0. The quantitative estimate of drug-likeness (QED) is 0.210. The Morgan fingerprint density at radius 2 is 0.824 bits per heavy atom. The summed E-state index contributed by atoms with van der Waals surface area (Å²) in [4.78, 5) is 0. The van der Waals surface area contributed by atoms with Crippen LogP contribution in [-0.4, -0.2) is 0 Å². The summed E-state index contributed by atoms with van der Waals surface area (Å²) in [5.41, 5.74) is 6.67. The van der Waals surface area contributed by atoms with Crippen LogP contribution in [0.4, 0.5) is 0 Å². The molecular weight excluding hydrogens is 408 g/mol. The summed E-state index contributed by atoms with van der Waals surface area (Å²) < 4.78 is 0. The molecule has 0 amide bonds. The maximum absolute atomic E-state index is 2.40. The van der Waals surface area contributed by atoms with Crippen molar-refractivity contribution in [3.8, 4) is 0 Å². The molecular formula is C34H24. The van der Waals surface area contributed by atoms with Gasteiger partial charge in [-0.3, -0.25) is 0 Å². The van der Waals surface area contributed by atoms with Gasteiger partial charge in [0.25, 0.3) is 0 Å². The number of rotatable bonds is 0. The zero-order valence-corrected chi connectivity index (χ0v) is 19.0. The molecule has 0 aromatic heterocycles. The van der Waals surface area contributed by atoms with E-state index in [1.54, 1.807) is 22.3 Å². The minimum Gasteiger partial charge on any atom is -0.0616 e. The van der Waals surface area contributed by atoms with Crippen LogP contribution >= 0.6 is 0 Å². The van der Waals surface area contributed by atoms with Crippen LogP contribution in [0.25, 0.3) is 43.1 Å². The highest BCUT2D eigenvalue weighted by Gasteiger charge is 2.56. The third-order valence-electron chi connectivity index (χ3n) is 9.53. The fraction of sp³-hybridized carbons (Fsp3) is 0.176. The van der Waals surface area contributed by atoms with Gasteiger partial charge in [-0.15, -0.1) is 0 Å². The fourth-order valence-corrected chi connectivity index (χ4v) is 8.53. The Labute approximate surface area is 198 Å². The first-order valence-corrected chi connectivity index (χ1v) is 12.8. The van der Waals surface area contributed by atoms with E-state index in [4.69, 9.17) is 0 Å². The molecule has 0 heteroatoms. The largest absolute Gasteiger partial charge is 0.0616 e. The first-order chi connectivity index (χ1) is 16.9. The van der Waals surface area contributed by atoms with Gasteiger partial charge in [0.15, 0.2) is 0 Å². The van der Waals surface area contributed by atoms with Crippen molar-refractivity contribution < 1.29 is 0 Å². The summed E-state index contributed by atoms with van der Waals surface area (Å²) in [7, 11) is 0. The lowest BCUT2D eigenvalue weighted by Gasteiger charge is -2.31. The van der Waals surface area contributed by atoms with Crippen molar-refractivity contribution in [3.63, 3.8) is 0 Å². The molecule has 0 unspecified atom stereocenters. The lowest BCUT2D eigenvalue weighted by molar-refractivity contribution is 0.448. The fourth-order valence-electron chi connectivity index (χ4n) is 8.53. The van der Waals surface area contributed by atoms with Gasteiger partial charge in [0.1, 0.15) is 0 Å². The van der Waals surface area contributed by atoms with Crippen LogP contribution in [0.15, 0.2) is 97.1 Å². The van der Waals surface area contributed by atoms with Crippen LogP contribution in [0.3, 0.4) is 0 Å². The van der Waals surface area contributed by atoms with Crippen molar-refractivity contribution in [3.05, 3.63) is 119 Å². The van der Waals surface area contributed by atoms with E-state index in [0.717, 1.165) is 5.92 Å². The average molecular weight is 433 g/mol. The van der Waals surface area contributed by atoms with Crippen LogP contribution in [0.1, 0.15) is 46.4 Å². The van der Waals surface area contributed by atoms with E-state index < -0.39 is 0 Å². The molecule has 4 atom stereocenters. The van der Waals surface area contributed by atoms with Gasteiger partial charge in [-0.2, -0.15) is 0 Å². The second-order valence-electron chi connectivity index (χ2n) is 10.7. The predicted molar refractivity (Wildman–Crippen MR) is 143 cm³/mol. The normalized spacial score (nSPS) is 24.2. The van der Waals surface area contributed by atoms with Gasteiger partial charge in [0.05, 0.1) is 0 Å². The van der Waals surface area contributed by atoms with Crippen molar-refractivity contribution in [1.82, 2.24) is 0 Å². The lowest BCUT2D eigenvalue weighted by Crippen LogP contribution is -2.17. The average Bonchev–Trinajstić information content (AvgIpc) is 3.59.